The number of pyridine rings is 1. The quantitative estimate of drug-likeness (QED) is 0.841. The van der Waals surface area contributed by atoms with Gasteiger partial charge in [0.1, 0.15) is 16.7 Å². The number of piperidine rings is 1. The number of hydrogen-bond acceptors (Lipinski definition) is 4. The molecule has 1 fully saturated rings. The van der Waals surface area contributed by atoms with E-state index < -0.39 is 10.0 Å². The first kappa shape index (κ1) is 15.9. The maximum Gasteiger partial charge on any atom is 0.244 e. The van der Waals surface area contributed by atoms with E-state index in [0.717, 1.165) is 12.8 Å². The SMILES string of the molecule is CC(C)(C)C1CCN(S(=O)(=O)c2ccc(C#N)nc2)CC1. The standard InChI is InChI=1S/C15H21N3O2S/c1-15(2,3)12-6-8-18(9-7-12)21(19,20)14-5-4-13(10-16)17-11-14/h4-5,11-12H,6-9H2,1-3H3. The van der Waals surface area contributed by atoms with Crippen LogP contribution in [0.25, 0.3) is 0 Å². The fraction of sp³-hybridized carbons (Fsp3) is 0.600. The Labute approximate surface area is 126 Å². The summed E-state index contributed by atoms with van der Waals surface area (Å²) in [5.41, 5.74) is 0.437. The van der Waals surface area contributed by atoms with E-state index in [1.807, 2.05) is 6.07 Å². The van der Waals surface area contributed by atoms with Crippen molar-refractivity contribution in [2.45, 2.75) is 38.5 Å². The Bertz CT molecular complexity index is 631. The van der Waals surface area contributed by atoms with Crippen molar-refractivity contribution in [2.75, 3.05) is 13.1 Å². The molecule has 0 unspecified atom stereocenters. The molecule has 0 N–H and O–H groups in total. The molecule has 1 aromatic heterocycles. The highest BCUT2D eigenvalue weighted by atomic mass is 32.2. The number of aromatic nitrogens is 1. The molecule has 0 radical (unpaired) electrons. The van der Waals surface area contributed by atoms with E-state index >= 15 is 0 Å². The molecule has 114 valence electrons. The first-order valence-corrected chi connectivity index (χ1v) is 8.55. The molecule has 0 aliphatic carbocycles. The lowest BCUT2D eigenvalue weighted by atomic mass is 9.76. The summed E-state index contributed by atoms with van der Waals surface area (Å²) in [6.07, 6.45) is 3.03. The minimum absolute atomic E-state index is 0.163. The van der Waals surface area contributed by atoms with Crippen LogP contribution >= 0.6 is 0 Å². The summed E-state index contributed by atoms with van der Waals surface area (Å²) < 4.78 is 26.6. The molecule has 6 heteroatoms. The summed E-state index contributed by atoms with van der Waals surface area (Å²) in [5, 5.41) is 8.71. The van der Waals surface area contributed by atoms with E-state index in [-0.39, 0.29) is 16.0 Å². The highest BCUT2D eigenvalue weighted by molar-refractivity contribution is 7.89. The Balaban J connectivity index is 2.13. The third kappa shape index (κ3) is 3.42. The van der Waals surface area contributed by atoms with Gasteiger partial charge in [0.2, 0.25) is 10.0 Å². The molecule has 5 nitrogen and oxygen atoms in total. The number of sulfonamides is 1. The van der Waals surface area contributed by atoms with Gasteiger partial charge in [-0.3, -0.25) is 0 Å². The smallest absolute Gasteiger partial charge is 0.244 e. The zero-order valence-corrected chi connectivity index (χ0v) is 13.5. The second-order valence-corrected chi connectivity index (χ2v) is 8.47. The minimum Gasteiger partial charge on any atom is -0.244 e. The highest BCUT2D eigenvalue weighted by Crippen LogP contribution is 2.35. The van der Waals surface area contributed by atoms with Crippen LogP contribution in [-0.4, -0.2) is 30.8 Å². The predicted octanol–water partition coefficient (Wildman–Crippen LogP) is 2.40. The van der Waals surface area contributed by atoms with Gasteiger partial charge in [-0.15, -0.1) is 0 Å². The highest BCUT2D eigenvalue weighted by Gasteiger charge is 2.34. The van der Waals surface area contributed by atoms with Crippen molar-refractivity contribution in [3.8, 4) is 6.07 Å². The third-order valence-corrected chi connectivity index (χ3v) is 6.05. The van der Waals surface area contributed by atoms with Crippen LogP contribution in [-0.2, 0) is 10.0 Å². The topological polar surface area (TPSA) is 74.1 Å². The largest absolute Gasteiger partial charge is 0.244 e. The fourth-order valence-corrected chi connectivity index (χ4v) is 4.13. The second-order valence-electron chi connectivity index (χ2n) is 6.54. The van der Waals surface area contributed by atoms with Crippen LogP contribution in [0.2, 0.25) is 0 Å². The number of nitriles is 1. The van der Waals surface area contributed by atoms with Gasteiger partial charge in [0.05, 0.1) is 0 Å². The Morgan fingerprint density at radius 2 is 1.90 bits per heavy atom. The molecule has 0 aromatic carbocycles. The molecule has 2 heterocycles. The maximum absolute atomic E-state index is 12.5. The molecule has 1 aliphatic rings. The third-order valence-electron chi connectivity index (χ3n) is 4.17. The van der Waals surface area contributed by atoms with E-state index in [0.29, 0.717) is 19.0 Å². The van der Waals surface area contributed by atoms with Gasteiger partial charge < -0.3 is 0 Å². The van der Waals surface area contributed by atoms with Crippen LogP contribution in [0, 0.1) is 22.7 Å². The van der Waals surface area contributed by atoms with Crippen molar-refractivity contribution in [1.29, 1.82) is 5.26 Å². The summed E-state index contributed by atoms with van der Waals surface area (Å²) in [7, 11) is -3.49. The first-order chi connectivity index (χ1) is 9.75. The summed E-state index contributed by atoms with van der Waals surface area (Å²) >= 11 is 0. The summed E-state index contributed by atoms with van der Waals surface area (Å²) in [4.78, 5) is 4.01. The zero-order chi connectivity index (χ0) is 15.7. The van der Waals surface area contributed by atoms with Gasteiger partial charge in [-0.1, -0.05) is 20.8 Å². The van der Waals surface area contributed by atoms with Gasteiger partial charge in [0, 0.05) is 19.3 Å². The fourth-order valence-electron chi connectivity index (χ4n) is 2.71. The molecule has 2 rings (SSSR count). The normalized spacial score (nSPS) is 18.4. The molecule has 21 heavy (non-hydrogen) atoms. The molecule has 1 aromatic rings. The van der Waals surface area contributed by atoms with Crippen LogP contribution in [0.1, 0.15) is 39.3 Å². The lowest BCUT2D eigenvalue weighted by Crippen LogP contribution is -2.41. The van der Waals surface area contributed by atoms with E-state index in [9.17, 15) is 8.42 Å². The lowest BCUT2D eigenvalue weighted by molar-refractivity contribution is 0.154. The first-order valence-electron chi connectivity index (χ1n) is 7.11. The summed E-state index contributed by atoms with van der Waals surface area (Å²) in [6.45, 7) is 7.69. The van der Waals surface area contributed by atoms with Crippen LogP contribution in [0.4, 0.5) is 0 Å². The van der Waals surface area contributed by atoms with Crippen molar-refractivity contribution in [1.82, 2.24) is 9.29 Å². The Morgan fingerprint density at radius 1 is 1.29 bits per heavy atom. The van der Waals surface area contributed by atoms with Crippen molar-refractivity contribution in [2.24, 2.45) is 11.3 Å². The average Bonchev–Trinajstić information content (AvgIpc) is 2.46. The van der Waals surface area contributed by atoms with Crippen LogP contribution in [0.3, 0.4) is 0 Å². The van der Waals surface area contributed by atoms with Gasteiger partial charge in [-0.2, -0.15) is 9.57 Å². The molecular formula is C15H21N3O2S. The number of nitrogens with zero attached hydrogens (tertiary/aromatic N) is 3. The molecule has 1 aliphatic heterocycles. The molecule has 0 bridgehead atoms. The molecule has 0 saturated carbocycles. The lowest BCUT2D eigenvalue weighted by Gasteiger charge is -2.38. The van der Waals surface area contributed by atoms with Crippen LogP contribution < -0.4 is 0 Å². The van der Waals surface area contributed by atoms with Crippen molar-refractivity contribution in [3.63, 3.8) is 0 Å². The van der Waals surface area contributed by atoms with Crippen molar-refractivity contribution in [3.05, 3.63) is 24.0 Å². The second kappa shape index (κ2) is 5.74. The zero-order valence-electron chi connectivity index (χ0n) is 12.7. The number of rotatable bonds is 2. The Morgan fingerprint density at radius 3 is 2.33 bits per heavy atom. The van der Waals surface area contributed by atoms with Crippen LogP contribution in [0.5, 0.6) is 0 Å². The van der Waals surface area contributed by atoms with Gasteiger partial charge in [-0.05, 0) is 36.3 Å². The maximum atomic E-state index is 12.5. The van der Waals surface area contributed by atoms with Crippen LogP contribution in [0.15, 0.2) is 23.2 Å². The van der Waals surface area contributed by atoms with Crippen molar-refractivity contribution < 1.29 is 8.42 Å². The van der Waals surface area contributed by atoms with Gasteiger partial charge in [-0.25, -0.2) is 13.4 Å². The monoisotopic (exact) mass is 307 g/mol. The molecule has 1 saturated heterocycles. The van der Waals surface area contributed by atoms with Gasteiger partial charge in [0.15, 0.2) is 0 Å². The summed E-state index contributed by atoms with van der Waals surface area (Å²) in [5.74, 6) is 0.544. The van der Waals surface area contributed by atoms with E-state index in [4.69, 9.17) is 5.26 Å². The van der Waals surface area contributed by atoms with E-state index in [1.165, 1.54) is 22.6 Å². The Kier molecular flexibility index (Phi) is 4.35. The predicted molar refractivity (Wildman–Crippen MR) is 79.9 cm³/mol. The molecule has 0 spiro atoms. The van der Waals surface area contributed by atoms with Gasteiger partial charge >= 0.3 is 0 Å². The molecule has 0 atom stereocenters. The van der Waals surface area contributed by atoms with Crippen molar-refractivity contribution >= 4 is 10.0 Å². The minimum atomic E-state index is -3.49. The summed E-state index contributed by atoms with van der Waals surface area (Å²) in [6, 6.07) is 4.78. The number of hydrogen-bond donors (Lipinski definition) is 0. The average molecular weight is 307 g/mol. The van der Waals surface area contributed by atoms with E-state index in [2.05, 4.69) is 25.8 Å². The molecule has 0 amide bonds. The molecular weight excluding hydrogens is 286 g/mol. The Hall–Kier alpha value is -1.45. The van der Waals surface area contributed by atoms with Gasteiger partial charge in [0.25, 0.3) is 0 Å². The van der Waals surface area contributed by atoms with E-state index in [1.54, 1.807) is 0 Å².